The summed E-state index contributed by atoms with van der Waals surface area (Å²) in [6, 6.07) is 89.5. The van der Waals surface area contributed by atoms with E-state index in [9.17, 15) is 0 Å². The number of aryl methyl sites for hydroxylation is 6. The second-order valence-electron chi connectivity index (χ2n) is 24.1. The Balaban J connectivity index is 1.05. The number of nitrogens with zero attached hydrogens (tertiary/aromatic N) is 6. The van der Waals surface area contributed by atoms with Crippen LogP contribution in [-0.4, -0.2) is 17.6 Å². The maximum atomic E-state index is 2.71. The van der Waals surface area contributed by atoms with Gasteiger partial charge in [0.05, 0.1) is 11.4 Å². The third-order valence-electron chi connectivity index (χ3n) is 19.0. The Bertz CT molecular complexity index is 4470. The van der Waals surface area contributed by atoms with E-state index in [0.29, 0.717) is 0 Å². The molecule has 0 aliphatic carbocycles. The Morgan fingerprint density at radius 1 is 0.214 bits per heavy atom. The van der Waals surface area contributed by atoms with Crippen molar-refractivity contribution in [3.63, 3.8) is 0 Å². The summed E-state index contributed by atoms with van der Waals surface area (Å²) in [4.78, 5) is 15.9. The molecule has 0 aromatic heterocycles. The summed E-state index contributed by atoms with van der Waals surface area (Å²) in [5.74, 6) is 0. The molecule has 18 rings (SSSR count). The molecule has 6 nitrogen and oxygen atoms in total. The third kappa shape index (κ3) is 6.44. The van der Waals surface area contributed by atoms with Crippen molar-refractivity contribution in [2.24, 2.45) is 0 Å². The number of rotatable bonds is 6. The summed E-state index contributed by atoms with van der Waals surface area (Å²) in [5, 5.41) is 11.3. The van der Waals surface area contributed by atoms with Crippen LogP contribution in [0, 0.1) is 41.5 Å². The van der Waals surface area contributed by atoms with Gasteiger partial charge in [0.1, 0.15) is 17.6 Å². The highest BCUT2D eigenvalue weighted by molar-refractivity contribution is 7.04. The minimum atomic E-state index is -2.39. The molecule has 0 saturated carbocycles. The van der Waals surface area contributed by atoms with E-state index in [1.807, 2.05) is 0 Å². The Morgan fingerprint density at radius 3 is 0.655 bits per heavy atom. The summed E-state index contributed by atoms with van der Waals surface area (Å²) >= 11 is 0. The first-order valence-corrected chi connectivity index (χ1v) is 33.0. The Morgan fingerprint density at radius 2 is 0.417 bits per heavy atom. The molecule has 8 heteroatoms. The molecule has 0 saturated heterocycles. The topological polar surface area (TPSA) is 19.4 Å². The van der Waals surface area contributed by atoms with Crippen LogP contribution >= 0.6 is 0 Å². The van der Waals surface area contributed by atoms with Crippen molar-refractivity contribution < 1.29 is 0 Å². The zero-order valence-corrected chi connectivity index (χ0v) is 50.1. The lowest BCUT2D eigenvalue weighted by molar-refractivity contribution is 1.21. The highest BCUT2D eigenvalue weighted by Gasteiger charge is 2.53. The van der Waals surface area contributed by atoms with Gasteiger partial charge in [-0.1, -0.05) is 130 Å². The number of hydrogen-bond donors (Lipinski definition) is 0. The van der Waals surface area contributed by atoms with Gasteiger partial charge in [-0.3, -0.25) is 0 Å². The fraction of sp³-hybridized carbons (Fsp3) is 0.0789. The van der Waals surface area contributed by atoms with Crippen molar-refractivity contribution in [1.29, 1.82) is 0 Å². The molecule has 0 N–H and O–H groups in total. The molecule has 0 bridgehead atoms. The quantitative estimate of drug-likeness (QED) is 0.154. The van der Waals surface area contributed by atoms with E-state index in [2.05, 4.69) is 301 Å². The van der Waals surface area contributed by atoms with Gasteiger partial charge in [0.15, 0.2) is 0 Å². The molecule has 0 spiro atoms. The molecule has 0 amide bonds. The van der Waals surface area contributed by atoms with Crippen LogP contribution in [0.15, 0.2) is 231 Å². The van der Waals surface area contributed by atoms with E-state index in [0.717, 1.165) is 22.7 Å². The Kier molecular flexibility index (Phi) is 9.86. The summed E-state index contributed by atoms with van der Waals surface area (Å²) in [6.45, 7) is 13.2. The van der Waals surface area contributed by atoms with Gasteiger partial charge in [0.2, 0.25) is 0 Å². The second-order valence-corrected chi connectivity index (χ2v) is 29.3. The largest absolute Gasteiger partial charge is 0.311 e. The van der Waals surface area contributed by atoms with Crippen molar-refractivity contribution in [2.75, 3.05) is 29.4 Å². The van der Waals surface area contributed by atoms with Crippen LogP contribution in [0.2, 0.25) is 0 Å². The van der Waals surface area contributed by atoms with E-state index in [4.69, 9.17) is 0 Å². The SMILES string of the molecule is Cc1ccc(N2c3cccc4c3[SiH]3c5c2cccc5N(c2ccc(C)cc2)c2c3c(cc3cc5c6c(c23)N(c2ccc(C)cc2)c2cccc3c2[SiH]6c2c(cccc2N5c2ccc(C)cc2)N3c2ccc(C)cc2)N4c2ccc(C)cc2)cc1. The average molecular weight is 1110 g/mol. The lowest BCUT2D eigenvalue weighted by Crippen LogP contribution is -2.65. The molecular weight excluding hydrogens is 1050 g/mol. The molecule has 12 aromatic carbocycles. The van der Waals surface area contributed by atoms with Crippen LogP contribution < -0.4 is 60.5 Å². The molecule has 0 fully saturated rings. The summed E-state index contributed by atoms with van der Waals surface area (Å²) in [5.41, 5.74) is 29.8. The monoisotopic (exact) mass is 1110 g/mol. The van der Waals surface area contributed by atoms with Crippen LogP contribution in [0.4, 0.5) is 102 Å². The smallest absolute Gasteiger partial charge is 0.149 e. The van der Waals surface area contributed by atoms with E-state index in [1.54, 1.807) is 0 Å². The molecule has 2 unspecified atom stereocenters. The van der Waals surface area contributed by atoms with Crippen LogP contribution in [0.3, 0.4) is 0 Å². The van der Waals surface area contributed by atoms with E-state index in [-0.39, 0.29) is 0 Å². The van der Waals surface area contributed by atoms with Crippen molar-refractivity contribution in [1.82, 2.24) is 0 Å². The van der Waals surface area contributed by atoms with Crippen LogP contribution in [0.5, 0.6) is 0 Å². The highest BCUT2D eigenvalue weighted by atomic mass is 28.3. The van der Waals surface area contributed by atoms with Gasteiger partial charge in [0, 0.05) is 96.4 Å². The van der Waals surface area contributed by atoms with Gasteiger partial charge in [0.25, 0.3) is 0 Å². The Labute approximate surface area is 493 Å². The number of benzene rings is 12. The van der Waals surface area contributed by atoms with Crippen LogP contribution in [0.25, 0.3) is 10.8 Å². The summed E-state index contributed by atoms with van der Waals surface area (Å²) < 4.78 is 0. The molecule has 6 aliphatic rings. The number of fused-ring (bicyclic) bond motifs is 3. The third-order valence-corrected chi connectivity index (χ3v) is 26.0. The van der Waals surface area contributed by atoms with Gasteiger partial charge in [-0.15, -0.1) is 0 Å². The molecular formula is C76H58N6Si2. The maximum absolute atomic E-state index is 2.71. The molecule has 400 valence electrons. The van der Waals surface area contributed by atoms with Crippen molar-refractivity contribution in [3.05, 3.63) is 264 Å². The predicted octanol–water partition coefficient (Wildman–Crippen LogP) is 15.9. The highest BCUT2D eigenvalue weighted by Crippen LogP contribution is 2.58. The van der Waals surface area contributed by atoms with Crippen molar-refractivity contribution in [2.45, 2.75) is 41.5 Å². The second kappa shape index (κ2) is 17.3. The number of anilines is 18. The molecule has 2 atom stereocenters. The first-order chi connectivity index (χ1) is 41.2. The zero-order chi connectivity index (χ0) is 56.0. The molecule has 0 radical (unpaired) electrons. The van der Waals surface area contributed by atoms with Crippen LogP contribution in [0.1, 0.15) is 33.4 Å². The van der Waals surface area contributed by atoms with Gasteiger partial charge >= 0.3 is 0 Å². The average Bonchev–Trinajstić information content (AvgIpc) is 0.803. The van der Waals surface area contributed by atoms with Gasteiger partial charge in [-0.25, -0.2) is 0 Å². The minimum absolute atomic E-state index is 1.16. The van der Waals surface area contributed by atoms with Crippen molar-refractivity contribution in [3.8, 4) is 0 Å². The maximum Gasteiger partial charge on any atom is 0.149 e. The number of hydrogen-bond acceptors (Lipinski definition) is 6. The summed E-state index contributed by atoms with van der Waals surface area (Å²) in [6.07, 6.45) is 0. The fourth-order valence-electron chi connectivity index (χ4n) is 15.3. The molecule has 84 heavy (non-hydrogen) atoms. The molecule has 12 aromatic rings. The zero-order valence-electron chi connectivity index (χ0n) is 47.8. The van der Waals surface area contributed by atoms with Gasteiger partial charge < -0.3 is 29.4 Å². The molecule has 6 heterocycles. The predicted molar refractivity (Wildman–Crippen MR) is 360 cm³/mol. The van der Waals surface area contributed by atoms with E-state index < -0.39 is 17.6 Å². The first kappa shape index (κ1) is 47.7. The fourth-order valence-corrected chi connectivity index (χ4v) is 23.3. The standard InChI is InChI=1S/C76H58N6Si2/c1-45-19-31-52(32-20-45)77-58-11-7-15-62-71(58)83-73-60(77)13-9-17-64(73)81(56-39-27-49(5)28-40-56)69-68-51(43-66(75(69)83)79(62)54-35-23-47(3)24-36-54)44-67-76-70(68)82(57-41-29-50(6)30-42-57)65-18-10-14-61-74(65)84(76)72-59(78(61)53-33-21-46(2)22-34-53)12-8-16-63(72)80(67)55-37-25-48(4)26-38-55/h7-44,83-84H,1-6H3. The van der Waals surface area contributed by atoms with Gasteiger partial charge in [-0.2, -0.15) is 0 Å². The first-order valence-electron chi connectivity index (χ1n) is 29.6. The van der Waals surface area contributed by atoms with Crippen LogP contribution in [-0.2, 0) is 0 Å². The van der Waals surface area contributed by atoms with E-state index >= 15 is 0 Å². The summed E-state index contributed by atoms with van der Waals surface area (Å²) in [7, 11) is -4.78. The molecule has 6 aliphatic heterocycles. The van der Waals surface area contributed by atoms with Gasteiger partial charge in [-0.05, 0) is 212 Å². The Hall–Kier alpha value is -9.87. The lowest BCUT2D eigenvalue weighted by Gasteiger charge is -2.52. The minimum Gasteiger partial charge on any atom is -0.311 e. The van der Waals surface area contributed by atoms with Crippen molar-refractivity contribution >= 4 is 162 Å². The van der Waals surface area contributed by atoms with E-state index in [1.165, 1.54) is 155 Å². The normalized spacial score (nSPS) is 15.8. The lowest BCUT2D eigenvalue weighted by atomic mass is 9.96.